The van der Waals surface area contributed by atoms with Crippen molar-refractivity contribution in [1.82, 2.24) is 9.62 Å². The second kappa shape index (κ2) is 8.02. The number of hydrogen-bond donors (Lipinski definition) is 1. The minimum absolute atomic E-state index is 0.293. The molecular formula is C11H26N2O3S. The Balaban J connectivity index is 4.49. The maximum Gasteiger partial charge on any atom is 0.218 e. The lowest BCUT2D eigenvalue weighted by molar-refractivity contribution is 0.180. The van der Waals surface area contributed by atoms with Gasteiger partial charge in [0.1, 0.15) is 0 Å². The molecule has 0 aromatic carbocycles. The van der Waals surface area contributed by atoms with Crippen LogP contribution in [0.3, 0.4) is 0 Å². The van der Waals surface area contributed by atoms with Gasteiger partial charge in [0.15, 0.2) is 0 Å². The number of ether oxygens (including phenoxy) is 1. The minimum Gasteiger partial charge on any atom is -0.383 e. The second-order valence-corrected chi connectivity index (χ2v) is 6.75. The molecule has 0 heterocycles. The van der Waals surface area contributed by atoms with Crippen LogP contribution < -0.4 is 5.32 Å². The zero-order chi connectivity index (χ0) is 13.5. The number of sulfonamides is 1. The molecule has 5 nitrogen and oxygen atoms in total. The zero-order valence-electron chi connectivity index (χ0n) is 11.6. The van der Waals surface area contributed by atoms with Crippen LogP contribution in [0.4, 0.5) is 0 Å². The highest BCUT2D eigenvalue weighted by Crippen LogP contribution is 2.08. The van der Waals surface area contributed by atoms with E-state index in [1.54, 1.807) is 14.0 Å². The highest BCUT2D eigenvalue weighted by Gasteiger charge is 2.27. The number of rotatable bonds is 9. The van der Waals surface area contributed by atoms with Gasteiger partial charge in [-0.3, -0.25) is 0 Å². The Kier molecular flexibility index (Phi) is 7.94. The Morgan fingerprint density at radius 2 is 1.88 bits per heavy atom. The van der Waals surface area contributed by atoms with Crippen LogP contribution in [0.5, 0.6) is 0 Å². The third-order valence-electron chi connectivity index (χ3n) is 2.58. The van der Waals surface area contributed by atoms with Crippen molar-refractivity contribution in [2.24, 2.45) is 0 Å². The van der Waals surface area contributed by atoms with Crippen molar-refractivity contribution >= 4 is 10.0 Å². The molecule has 0 radical (unpaired) electrons. The van der Waals surface area contributed by atoms with Crippen LogP contribution in [0, 0.1) is 0 Å². The average Bonchev–Trinajstić information content (AvgIpc) is 2.26. The lowest BCUT2D eigenvalue weighted by Crippen LogP contribution is -2.44. The van der Waals surface area contributed by atoms with Crippen molar-refractivity contribution in [1.29, 1.82) is 0 Å². The maximum atomic E-state index is 12.2. The highest BCUT2D eigenvalue weighted by molar-refractivity contribution is 7.89. The predicted molar refractivity (Wildman–Crippen MR) is 70.6 cm³/mol. The number of likely N-dealkylation sites (N-methyl/N-ethyl adjacent to an activating group) is 1. The van der Waals surface area contributed by atoms with Crippen molar-refractivity contribution in [2.45, 2.75) is 39.0 Å². The fourth-order valence-electron chi connectivity index (χ4n) is 1.42. The van der Waals surface area contributed by atoms with Gasteiger partial charge < -0.3 is 10.1 Å². The molecule has 0 spiro atoms. The SMILES string of the molecule is CCN(CCOC)S(=O)(=O)C(C)CNC(C)C. The third-order valence-corrected chi connectivity index (χ3v) is 4.92. The van der Waals surface area contributed by atoms with E-state index in [1.807, 2.05) is 20.8 Å². The molecule has 0 saturated heterocycles. The zero-order valence-corrected chi connectivity index (χ0v) is 12.4. The van der Waals surface area contributed by atoms with Gasteiger partial charge in [0, 0.05) is 32.8 Å². The van der Waals surface area contributed by atoms with Crippen molar-refractivity contribution in [3.05, 3.63) is 0 Å². The lowest BCUT2D eigenvalue weighted by Gasteiger charge is -2.25. The molecule has 104 valence electrons. The van der Waals surface area contributed by atoms with Gasteiger partial charge in [-0.1, -0.05) is 20.8 Å². The number of nitrogens with one attached hydrogen (secondary N) is 1. The largest absolute Gasteiger partial charge is 0.383 e. The summed E-state index contributed by atoms with van der Waals surface area (Å²) < 4.78 is 30.8. The minimum atomic E-state index is -3.23. The molecule has 0 aliphatic carbocycles. The molecule has 1 N–H and O–H groups in total. The van der Waals surface area contributed by atoms with Crippen LogP contribution in [0.2, 0.25) is 0 Å². The molecule has 6 heteroatoms. The van der Waals surface area contributed by atoms with E-state index in [1.165, 1.54) is 4.31 Å². The number of hydrogen-bond acceptors (Lipinski definition) is 4. The lowest BCUT2D eigenvalue weighted by atomic mass is 10.3. The van der Waals surface area contributed by atoms with Crippen molar-refractivity contribution in [2.75, 3.05) is 33.4 Å². The van der Waals surface area contributed by atoms with E-state index in [-0.39, 0.29) is 0 Å². The molecule has 0 aliphatic rings. The molecule has 17 heavy (non-hydrogen) atoms. The number of nitrogens with zero attached hydrogens (tertiary/aromatic N) is 1. The van der Waals surface area contributed by atoms with Crippen LogP contribution in [0.15, 0.2) is 0 Å². The van der Waals surface area contributed by atoms with E-state index in [4.69, 9.17) is 4.74 Å². The van der Waals surface area contributed by atoms with Gasteiger partial charge in [-0.15, -0.1) is 0 Å². The van der Waals surface area contributed by atoms with Gasteiger partial charge in [-0.05, 0) is 6.92 Å². The molecule has 0 fully saturated rings. The summed E-state index contributed by atoms with van der Waals surface area (Å²) in [5, 5.41) is 2.73. The maximum absolute atomic E-state index is 12.2. The Morgan fingerprint density at radius 1 is 1.29 bits per heavy atom. The predicted octanol–water partition coefficient (Wildman–Crippen LogP) is 0.671. The molecule has 0 saturated carbocycles. The van der Waals surface area contributed by atoms with Crippen LogP contribution in [0.25, 0.3) is 0 Å². The standard InChI is InChI=1S/C11H26N2O3S/c1-6-13(7-8-16-5)17(14,15)11(4)9-12-10(2)3/h10-12H,6-9H2,1-5H3. The second-order valence-electron chi connectivity index (χ2n) is 4.40. The van der Waals surface area contributed by atoms with Crippen LogP contribution >= 0.6 is 0 Å². The van der Waals surface area contributed by atoms with Crippen LogP contribution in [0.1, 0.15) is 27.7 Å². The molecule has 1 unspecified atom stereocenters. The first-order valence-electron chi connectivity index (χ1n) is 6.07. The Labute approximate surface area is 106 Å². The summed E-state index contributed by atoms with van der Waals surface area (Å²) in [6, 6.07) is 0.293. The fourth-order valence-corrected chi connectivity index (χ4v) is 2.92. The van der Waals surface area contributed by atoms with Gasteiger partial charge in [0.05, 0.1) is 11.9 Å². The van der Waals surface area contributed by atoms with Gasteiger partial charge in [0.25, 0.3) is 0 Å². The van der Waals surface area contributed by atoms with Crippen LogP contribution in [-0.4, -0.2) is 57.4 Å². The summed E-state index contributed by atoms with van der Waals surface area (Å²) >= 11 is 0. The van der Waals surface area contributed by atoms with Crippen LogP contribution in [-0.2, 0) is 14.8 Å². The van der Waals surface area contributed by atoms with E-state index in [0.717, 1.165) is 0 Å². The molecule has 0 aromatic rings. The summed E-state index contributed by atoms with van der Waals surface area (Å²) in [6.07, 6.45) is 0. The molecule has 0 rings (SSSR count). The molecule has 0 aromatic heterocycles. The Morgan fingerprint density at radius 3 is 2.29 bits per heavy atom. The first kappa shape index (κ1) is 16.8. The van der Waals surface area contributed by atoms with Gasteiger partial charge in [-0.2, -0.15) is 4.31 Å². The summed E-state index contributed by atoms with van der Waals surface area (Å²) in [4.78, 5) is 0. The highest BCUT2D eigenvalue weighted by atomic mass is 32.2. The summed E-state index contributed by atoms with van der Waals surface area (Å²) in [5.41, 5.74) is 0. The molecule has 0 amide bonds. The van der Waals surface area contributed by atoms with Gasteiger partial charge in [-0.25, -0.2) is 8.42 Å². The summed E-state index contributed by atoms with van der Waals surface area (Å²) in [6.45, 7) is 9.39. The van der Waals surface area contributed by atoms with Crippen molar-refractivity contribution in [3.63, 3.8) is 0 Å². The molecular weight excluding hydrogens is 240 g/mol. The summed E-state index contributed by atoms with van der Waals surface area (Å²) in [5.74, 6) is 0. The van der Waals surface area contributed by atoms with E-state index in [0.29, 0.717) is 32.3 Å². The first-order valence-corrected chi connectivity index (χ1v) is 7.57. The molecule has 1 atom stereocenters. The Hall–Kier alpha value is -0.170. The smallest absolute Gasteiger partial charge is 0.218 e. The van der Waals surface area contributed by atoms with Gasteiger partial charge in [0.2, 0.25) is 10.0 Å². The molecule has 0 aliphatic heterocycles. The average molecular weight is 266 g/mol. The topological polar surface area (TPSA) is 58.6 Å². The van der Waals surface area contributed by atoms with Gasteiger partial charge >= 0.3 is 0 Å². The van der Waals surface area contributed by atoms with E-state index in [2.05, 4.69) is 5.32 Å². The van der Waals surface area contributed by atoms with Crippen molar-refractivity contribution < 1.29 is 13.2 Å². The van der Waals surface area contributed by atoms with E-state index >= 15 is 0 Å². The first-order chi connectivity index (χ1) is 7.86. The van der Waals surface area contributed by atoms with E-state index in [9.17, 15) is 8.42 Å². The summed E-state index contributed by atoms with van der Waals surface area (Å²) in [7, 11) is -1.65. The monoisotopic (exact) mass is 266 g/mol. The third kappa shape index (κ3) is 5.81. The Bertz CT molecular complexity index is 291. The quantitative estimate of drug-likeness (QED) is 0.666. The molecule has 0 bridgehead atoms. The normalized spacial score (nSPS) is 14.5. The van der Waals surface area contributed by atoms with Crippen molar-refractivity contribution in [3.8, 4) is 0 Å². The fraction of sp³-hybridized carbons (Fsp3) is 1.00. The number of methoxy groups -OCH3 is 1. The van der Waals surface area contributed by atoms with E-state index < -0.39 is 15.3 Å².